The summed E-state index contributed by atoms with van der Waals surface area (Å²) in [5.41, 5.74) is 9.14. The molecule has 1 saturated heterocycles. The second kappa shape index (κ2) is 4.87. The second-order valence-corrected chi connectivity index (χ2v) is 4.33. The number of rotatable bonds is 4. The quantitative estimate of drug-likeness (QED) is 0.846. The average Bonchev–Trinajstić information content (AvgIpc) is 2.87. The molecule has 0 aliphatic carbocycles. The molecule has 2 N–H and O–H groups in total. The number of nitrogens with zero attached hydrogens (tertiary/aromatic N) is 2. The van der Waals surface area contributed by atoms with E-state index < -0.39 is 0 Å². The number of hydrogen-bond donors (Lipinski definition) is 1. The van der Waals surface area contributed by atoms with E-state index in [0.717, 1.165) is 49.5 Å². The normalized spacial score (nSPS) is 20.5. The van der Waals surface area contributed by atoms with Gasteiger partial charge in [0.05, 0.1) is 29.7 Å². The van der Waals surface area contributed by atoms with Gasteiger partial charge in [-0.25, -0.2) is 0 Å². The van der Waals surface area contributed by atoms with Crippen molar-refractivity contribution in [2.75, 3.05) is 12.3 Å². The minimum atomic E-state index is 0.328. The minimum absolute atomic E-state index is 0.328. The van der Waals surface area contributed by atoms with Gasteiger partial charge in [-0.1, -0.05) is 13.8 Å². The molecule has 0 aromatic carbocycles. The van der Waals surface area contributed by atoms with Crippen molar-refractivity contribution in [3.8, 4) is 0 Å². The molecule has 4 heteroatoms. The molecular formula is C12H21N3O. The molecule has 1 aromatic heterocycles. The van der Waals surface area contributed by atoms with Gasteiger partial charge in [-0.15, -0.1) is 0 Å². The van der Waals surface area contributed by atoms with Crippen molar-refractivity contribution in [1.29, 1.82) is 0 Å². The van der Waals surface area contributed by atoms with Crippen molar-refractivity contribution < 1.29 is 4.74 Å². The topological polar surface area (TPSA) is 53.1 Å². The Kier molecular flexibility index (Phi) is 3.49. The predicted molar refractivity (Wildman–Crippen MR) is 64.4 cm³/mol. The molecule has 1 aliphatic heterocycles. The Morgan fingerprint density at radius 3 is 2.81 bits per heavy atom. The first-order chi connectivity index (χ1) is 7.76. The summed E-state index contributed by atoms with van der Waals surface area (Å²) < 4.78 is 7.68. The van der Waals surface area contributed by atoms with Crippen molar-refractivity contribution in [1.82, 2.24) is 9.78 Å². The zero-order valence-corrected chi connectivity index (χ0v) is 10.2. The molecule has 1 aliphatic rings. The highest BCUT2D eigenvalue weighted by Crippen LogP contribution is 2.21. The summed E-state index contributed by atoms with van der Waals surface area (Å²) in [5, 5.41) is 4.57. The largest absolute Gasteiger partial charge is 0.396 e. The van der Waals surface area contributed by atoms with Gasteiger partial charge in [0, 0.05) is 6.61 Å². The molecule has 16 heavy (non-hydrogen) atoms. The van der Waals surface area contributed by atoms with Gasteiger partial charge in [0.2, 0.25) is 0 Å². The lowest BCUT2D eigenvalue weighted by molar-refractivity contribution is 0.0932. The maximum absolute atomic E-state index is 6.08. The molecule has 0 bridgehead atoms. The molecular weight excluding hydrogens is 202 g/mol. The first-order valence-electron chi connectivity index (χ1n) is 6.21. The molecule has 0 amide bonds. The van der Waals surface area contributed by atoms with Gasteiger partial charge in [-0.05, 0) is 25.7 Å². The zero-order chi connectivity index (χ0) is 11.5. The Hall–Kier alpha value is -1.03. The smallest absolute Gasteiger partial charge is 0.0854 e. The third-order valence-corrected chi connectivity index (χ3v) is 3.25. The summed E-state index contributed by atoms with van der Waals surface area (Å²) in [4.78, 5) is 0. The average molecular weight is 223 g/mol. The lowest BCUT2D eigenvalue weighted by Gasteiger charge is -2.11. The third-order valence-electron chi connectivity index (χ3n) is 3.25. The van der Waals surface area contributed by atoms with Gasteiger partial charge < -0.3 is 10.5 Å². The summed E-state index contributed by atoms with van der Waals surface area (Å²) in [6.07, 6.45) is 4.48. The van der Waals surface area contributed by atoms with Gasteiger partial charge in [-0.2, -0.15) is 5.10 Å². The van der Waals surface area contributed by atoms with Crippen LogP contribution in [-0.2, 0) is 24.1 Å². The SMILES string of the molecule is CCc1nn(CC2CCCO2)c(CC)c1N. The molecule has 0 spiro atoms. The molecule has 2 heterocycles. The van der Waals surface area contributed by atoms with Gasteiger partial charge in [-0.3, -0.25) is 4.68 Å². The maximum atomic E-state index is 6.08. The van der Waals surface area contributed by atoms with E-state index in [1.807, 2.05) is 4.68 Å². The number of nitrogen functional groups attached to an aromatic ring is 1. The van der Waals surface area contributed by atoms with Crippen LogP contribution in [0.2, 0.25) is 0 Å². The molecule has 1 aromatic rings. The van der Waals surface area contributed by atoms with Crippen LogP contribution in [-0.4, -0.2) is 22.5 Å². The molecule has 1 fully saturated rings. The highest BCUT2D eigenvalue weighted by Gasteiger charge is 2.19. The van der Waals surface area contributed by atoms with Crippen LogP contribution >= 0.6 is 0 Å². The number of anilines is 1. The van der Waals surface area contributed by atoms with E-state index in [0.29, 0.717) is 6.10 Å². The van der Waals surface area contributed by atoms with E-state index in [1.165, 1.54) is 6.42 Å². The second-order valence-electron chi connectivity index (χ2n) is 4.33. The Balaban J connectivity index is 2.18. The van der Waals surface area contributed by atoms with E-state index in [-0.39, 0.29) is 0 Å². The number of ether oxygens (including phenoxy) is 1. The third kappa shape index (κ3) is 2.07. The molecule has 4 nitrogen and oxygen atoms in total. The van der Waals surface area contributed by atoms with Crippen molar-refractivity contribution in [3.05, 3.63) is 11.4 Å². The van der Waals surface area contributed by atoms with Crippen molar-refractivity contribution in [2.24, 2.45) is 0 Å². The first-order valence-corrected chi connectivity index (χ1v) is 6.21. The van der Waals surface area contributed by atoms with Gasteiger partial charge in [0.15, 0.2) is 0 Å². The molecule has 90 valence electrons. The fourth-order valence-electron chi connectivity index (χ4n) is 2.33. The number of aromatic nitrogens is 2. The van der Waals surface area contributed by atoms with Crippen LogP contribution < -0.4 is 5.73 Å². The summed E-state index contributed by atoms with van der Waals surface area (Å²) >= 11 is 0. The van der Waals surface area contributed by atoms with Crippen LogP contribution in [0.3, 0.4) is 0 Å². The summed E-state index contributed by atoms with van der Waals surface area (Å²) in [7, 11) is 0. The summed E-state index contributed by atoms with van der Waals surface area (Å²) in [6, 6.07) is 0. The van der Waals surface area contributed by atoms with Gasteiger partial charge in [0.1, 0.15) is 0 Å². The number of aryl methyl sites for hydroxylation is 1. The maximum Gasteiger partial charge on any atom is 0.0854 e. The Morgan fingerprint density at radius 2 is 2.25 bits per heavy atom. The standard InChI is InChI=1S/C12H21N3O/c1-3-10-12(13)11(4-2)15(14-10)8-9-6-5-7-16-9/h9H,3-8,13H2,1-2H3. The van der Waals surface area contributed by atoms with E-state index in [9.17, 15) is 0 Å². The lowest BCUT2D eigenvalue weighted by atomic mass is 10.2. The van der Waals surface area contributed by atoms with Crippen molar-refractivity contribution in [2.45, 2.75) is 52.2 Å². The van der Waals surface area contributed by atoms with E-state index in [1.54, 1.807) is 0 Å². The highest BCUT2D eigenvalue weighted by molar-refractivity contribution is 5.48. The molecule has 1 atom stereocenters. The minimum Gasteiger partial charge on any atom is -0.396 e. The summed E-state index contributed by atoms with van der Waals surface area (Å²) in [5.74, 6) is 0. The van der Waals surface area contributed by atoms with E-state index in [4.69, 9.17) is 10.5 Å². The van der Waals surface area contributed by atoms with Gasteiger partial charge in [0.25, 0.3) is 0 Å². The monoisotopic (exact) mass is 223 g/mol. The zero-order valence-electron chi connectivity index (χ0n) is 10.2. The van der Waals surface area contributed by atoms with Crippen LogP contribution in [0.25, 0.3) is 0 Å². The van der Waals surface area contributed by atoms with Crippen molar-refractivity contribution >= 4 is 5.69 Å². The highest BCUT2D eigenvalue weighted by atomic mass is 16.5. The van der Waals surface area contributed by atoms with Gasteiger partial charge >= 0.3 is 0 Å². The Morgan fingerprint density at radius 1 is 1.44 bits per heavy atom. The van der Waals surface area contributed by atoms with Crippen LogP contribution in [0.1, 0.15) is 38.1 Å². The molecule has 1 unspecified atom stereocenters. The number of nitrogens with two attached hydrogens (primary N) is 1. The summed E-state index contributed by atoms with van der Waals surface area (Å²) in [6.45, 7) is 5.96. The molecule has 0 radical (unpaired) electrons. The van der Waals surface area contributed by atoms with Crippen molar-refractivity contribution in [3.63, 3.8) is 0 Å². The lowest BCUT2D eigenvalue weighted by Crippen LogP contribution is -2.18. The fraction of sp³-hybridized carbons (Fsp3) is 0.750. The Bertz CT molecular complexity index is 353. The fourth-order valence-corrected chi connectivity index (χ4v) is 2.33. The van der Waals surface area contributed by atoms with E-state index in [2.05, 4.69) is 18.9 Å². The Labute approximate surface area is 96.8 Å². The van der Waals surface area contributed by atoms with Crippen LogP contribution in [0.4, 0.5) is 5.69 Å². The van der Waals surface area contributed by atoms with Crippen LogP contribution in [0, 0.1) is 0 Å². The van der Waals surface area contributed by atoms with Crippen LogP contribution in [0.15, 0.2) is 0 Å². The number of hydrogen-bond acceptors (Lipinski definition) is 3. The molecule has 2 rings (SSSR count). The first kappa shape index (κ1) is 11.5. The van der Waals surface area contributed by atoms with E-state index >= 15 is 0 Å². The molecule has 0 saturated carbocycles. The van der Waals surface area contributed by atoms with Crippen LogP contribution in [0.5, 0.6) is 0 Å². The predicted octanol–water partition coefficient (Wildman–Crippen LogP) is 1.77.